The normalized spacial score (nSPS) is 56.5. The van der Waals surface area contributed by atoms with Gasteiger partial charge in [-0.2, -0.15) is 0 Å². The molecule has 0 aromatic carbocycles. The van der Waals surface area contributed by atoms with Crippen molar-refractivity contribution in [2.45, 2.75) is 77.7 Å². The third kappa shape index (κ3) is 1.97. The molecule has 4 saturated carbocycles. The van der Waals surface area contributed by atoms with Crippen molar-refractivity contribution < 1.29 is 9.90 Å². The monoisotopic (exact) mass is 290 g/mol. The van der Waals surface area contributed by atoms with Gasteiger partial charge in [0.2, 0.25) is 0 Å². The lowest BCUT2D eigenvalue weighted by Crippen LogP contribution is -2.53. The van der Waals surface area contributed by atoms with Crippen LogP contribution >= 0.6 is 0 Å². The number of aliphatic hydroxyl groups excluding tert-OH is 1. The molecule has 0 aliphatic heterocycles. The van der Waals surface area contributed by atoms with Gasteiger partial charge in [0.05, 0.1) is 6.10 Å². The Morgan fingerprint density at radius 2 is 1.86 bits per heavy atom. The first-order chi connectivity index (χ1) is 9.92. The molecule has 1 N–H and O–H groups in total. The zero-order chi connectivity index (χ0) is 14.8. The summed E-state index contributed by atoms with van der Waals surface area (Å²) < 4.78 is 0. The molecule has 4 fully saturated rings. The van der Waals surface area contributed by atoms with E-state index < -0.39 is 0 Å². The molecule has 0 aromatic rings. The summed E-state index contributed by atoms with van der Waals surface area (Å²) in [5.41, 5.74) is 0.755. The molecule has 0 saturated heterocycles. The molecule has 21 heavy (non-hydrogen) atoms. The van der Waals surface area contributed by atoms with Gasteiger partial charge in [0.1, 0.15) is 5.78 Å². The van der Waals surface area contributed by atoms with Crippen molar-refractivity contribution in [2.24, 2.45) is 34.5 Å². The van der Waals surface area contributed by atoms with E-state index in [1.807, 2.05) is 0 Å². The molecule has 0 unspecified atom stereocenters. The Labute approximate surface area is 128 Å². The van der Waals surface area contributed by atoms with E-state index in [9.17, 15) is 9.90 Å². The second kappa shape index (κ2) is 4.57. The number of carbonyl (C=O) groups excluding carboxylic acids is 1. The maximum Gasteiger partial charge on any atom is 0.133 e. The van der Waals surface area contributed by atoms with Crippen LogP contribution < -0.4 is 0 Å². The summed E-state index contributed by atoms with van der Waals surface area (Å²) in [4.78, 5) is 12.1. The molecular weight excluding hydrogens is 260 g/mol. The van der Waals surface area contributed by atoms with Crippen LogP contribution in [0.4, 0.5) is 0 Å². The van der Waals surface area contributed by atoms with E-state index in [-0.39, 0.29) is 6.10 Å². The molecule has 0 radical (unpaired) electrons. The van der Waals surface area contributed by atoms with Gasteiger partial charge in [-0.05, 0) is 79.4 Å². The van der Waals surface area contributed by atoms with Crippen LogP contribution in [0.5, 0.6) is 0 Å². The van der Waals surface area contributed by atoms with Crippen molar-refractivity contribution in [1.82, 2.24) is 0 Å². The topological polar surface area (TPSA) is 37.3 Å². The van der Waals surface area contributed by atoms with Crippen LogP contribution in [0, 0.1) is 34.5 Å². The standard InChI is InChI=1S/C19H30O2/c1-18-7-6-16-15(17(18)10-14(21)11-18)4-3-12-9-13(20)5-8-19(12,16)2/h12-13,15-17,20H,3-11H2,1-2H3/t12-,13+,15-,16+,17-,18+,19-/m0/s1. The number of ketones is 1. The van der Waals surface area contributed by atoms with Gasteiger partial charge < -0.3 is 5.11 Å². The first-order valence-electron chi connectivity index (χ1n) is 9.12. The van der Waals surface area contributed by atoms with Crippen LogP contribution in [0.1, 0.15) is 71.6 Å². The van der Waals surface area contributed by atoms with E-state index >= 15 is 0 Å². The Morgan fingerprint density at radius 1 is 1.05 bits per heavy atom. The Hall–Kier alpha value is -0.370. The minimum absolute atomic E-state index is 0.0541. The maximum absolute atomic E-state index is 12.1. The van der Waals surface area contributed by atoms with E-state index in [0.717, 1.165) is 43.4 Å². The van der Waals surface area contributed by atoms with Crippen molar-refractivity contribution in [2.75, 3.05) is 0 Å². The summed E-state index contributed by atoms with van der Waals surface area (Å²) in [7, 11) is 0. The van der Waals surface area contributed by atoms with Crippen LogP contribution in [0.2, 0.25) is 0 Å². The second-order valence-electron chi connectivity index (χ2n) is 9.20. The van der Waals surface area contributed by atoms with E-state index in [4.69, 9.17) is 0 Å². The first kappa shape index (κ1) is 14.2. The maximum atomic E-state index is 12.1. The highest BCUT2D eigenvalue weighted by atomic mass is 16.3. The average molecular weight is 290 g/mol. The van der Waals surface area contributed by atoms with Crippen molar-refractivity contribution >= 4 is 5.78 Å². The number of Topliss-reactive ketones (excluding diaryl/α,β-unsaturated/α-hetero) is 1. The molecule has 7 atom stereocenters. The molecule has 4 aliphatic rings. The van der Waals surface area contributed by atoms with Crippen molar-refractivity contribution in [3.8, 4) is 0 Å². The van der Waals surface area contributed by atoms with Crippen LogP contribution in [-0.4, -0.2) is 17.0 Å². The molecule has 0 spiro atoms. The zero-order valence-corrected chi connectivity index (χ0v) is 13.6. The highest BCUT2D eigenvalue weighted by Crippen LogP contribution is 2.65. The Kier molecular flexibility index (Phi) is 3.10. The van der Waals surface area contributed by atoms with Gasteiger partial charge in [-0.1, -0.05) is 13.8 Å². The molecule has 118 valence electrons. The molecular formula is C19H30O2. The quantitative estimate of drug-likeness (QED) is 0.733. The molecule has 0 amide bonds. The van der Waals surface area contributed by atoms with Crippen LogP contribution in [0.15, 0.2) is 0 Å². The summed E-state index contributed by atoms with van der Waals surface area (Å²) in [6.45, 7) is 4.90. The number of fused-ring (bicyclic) bond motifs is 5. The predicted molar refractivity (Wildman–Crippen MR) is 82.7 cm³/mol. The van der Waals surface area contributed by atoms with Gasteiger partial charge >= 0.3 is 0 Å². The SMILES string of the molecule is C[C@]12CC[C@@H]3[C@H](CC[C@H]4C[C@H](O)CC[C@@]43C)[C@@H]1CC(=O)C2. The molecule has 4 rings (SSSR count). The van der Waals surface area contributed by atoms with E-state index in [0.29, 0.717) is 22.5 Å². The van der Waals surface area contributed by atoms with Crippen LogP contribution in [0.25, 0.3) is 0 Å². The van der Waals surface area contributed by atoms with E-state index in [1.165, 1.54) is 32.1 Å². The highest BCUT2D eigenvalue weighted by molar-refractivity contribution is 5.82. The lowest BCUT2D eigenvalue weighted by Gasteiger charge is -2.60. The highest BCUT2D eigenvalue weighted by Gasteiger charge is 2.59. The number of aliphatic hydroxyl groups is 1. The van der Waals surface area contributed by atoms with Crippen LogP contribution in [-0.2, 0) is 4.79 Å². The molecule has 2 heteroatoms. The average Bonchev–Trinajstić information content (AvgIpc) is 2.74. The molecule has 0 heterocycles. The van der Waals surface area contributed by atoms with E-state index in [1.54, 1.807) is 0 Å². The largest absolute Gasteiger partial charge is 0.393 e. The fraction of sp³-hybridized carbons (Fsp3) is 0.947. The van der Waals surface area contributed by atoms with Crippen molar-refractivity contribution in [1.29, 1.82) is 0 Å². The van der Waals surface area contributed by atoms with E-state index in [2.05, 4.69) is 13.8 Å². The minimum atomic E-state index is -0.0541. The smallest absolute Gasteiger partial charge is 0.133 e. The number of rotatable bonds is 0. The third-order valence-corrected chi connectivity index (χ3v) is 8.20. The van der Waals surface area contributed by atoms with Gasteiger partial charge in [0.15, 0.2) is 0 Å². The van der Waals surface area contributed by atoms with Gasteiger partial charge in [-0.3, -0.25) is 4.79 Å². The van der Waals surface area contributed by atoms with Crippen molar-refractivity contribution in [3.63, 3.8) is 0 Å². The summed E-state index contributed by atoms with van der Waals surface area (Å²) in [6, 6.07) is 0. The van der Waals surface area contributed by atoms with Gasteiger partial charge in [0, 0.05) is 12.8 Å². The molecule has 0 bridgehead atoms. The third-order valence-electron chi connectivity index (χ3n) is 8.20. The van der Waals surface area contributed by atoms with Gasteiger partial charge in [0.25, 0.3) is 0 Å². The fourth-order valence-corrected chi connectivity index (χ4v) is 7.01. The van der Waals surface area contributed by atoms with Gasteiger partial charge in [-0.15, -0.1) is 0 Å². The Morgan fingerprint density at radius 3 is 2.67 bits per heavy atom. The number of hydrogen-bond donors (Lipinski definition) is 1. The predicted octanol–water partition coefficient (Wildman–Crippen LogP) is 3.96. The Bertz CT molecular complexity index is 458. The lowest BCUT2D eigenvalue weighted by molar-refractivity contribution is -0.121. The minimum Gasteiger partial charge on any atom is -0.393 e. The fourth-order valence-electron chi connectivity index (χ4n) is 7.01. The zero-order valence-electron chi connectivity index (χ0n) is 13.6. The summed E-state index contributed by atoms with van der Waals surface area (Å²) in [5.74, 6) is 3.51. The summed E-state index contributed by atoms with van der Waals surface area (Å²) in [6.07, 6.45) is 10.1. The Balaban J connectivity index is 1.63. The second-order valence-corrected chi connectivity index (χ2v) is 9.20. The lowest BCUT2D eigenvalue weighted by atomic mass is 9.45. The molecule has 2 nitrogen and oxygen atoms in total. The van der Waals surface area contributed by atoms with Crippen LogP contribution in [0.3, 0.4) is 0 Å². The summed E-state index contributed by atoms with van der Waals surface area (Å²) in [5, 5.41) is 10.0. The number of carbonyl (C=O) groups is 1. The summed E-state index contributed by atoms with van der Waals surface area (Å²) >= 11 is 0. The number of hydrogen-bond acceptors (Lipinski definition) is 2. The first-order valence-corrected chi connectivity index (χ1v) is 9.12. The molecule has 4 aliphatic carbocycles. The van der Waals surface area contributed by atoms with Gasteiger partial charge in [-0.25, -0.2) is 0 Å². The van der Waals surface area contributed by atoms with Crippen molar-refractivity contribution in [3.05, 3.63) is 0 Å². The molecule has 0 aromatic heterocycles.